The Balaban J connectivity index is 4.24. The van der Waals surface area contributed by atoms with E-state index in [-0.39, 0.29) is 0 Å². The zero-order valence-electron chi connectivity index (χ0n) is 9.97. The maximum Gasteiger partial charge on any atom is 0.0389 e. The van der Waals surface area contributed by atoms with Crippen molar-refractivity contribution in [3.05, 3.63) is 0 Å². The van der Waals surface area contributed by atoms with E-state index in [1.165, 1.54) is 6.42 Å². The third-order valence-corrected chi connectivity index (χ3v) is 3.47. The molecule has 0 spiro atoms. The topological polar surface area (TPSA) is 0 Å². The molecule has 0 heterocycles. The highest BCUT2D eigenvalue weighted by Crippen LogP contribution is 2.31. The average molecular weight is 205 g/mol. The maximum absolute atomic E-state index is 6.42. The zero-order valence-corrected chi connectivity index (χ0v) is 10.7. The Kier molecular flexibility index (Phi) is 6.04. The van der Waals surface area contributed by atoms with E-state index < -0.39 is 0 Å². The van der Waals surface area contributed by atoms with Crippen molar-refractivity contribution in [2.75, 3.05) is 0 Å². The Morgan fingerprint density at radius 2 is 1.31 bits per heavy atom. The highest BCUT2D eigenvalue weighted by molar-refractivity contribution is 6.20. The van der Waals surface area contributed by atoms with Crippen LogP contribution in [0.1, 0.15) is 48.0 Å². The fourth-order valence-electron chi connectivity index (χ4n) is 1.81. The van der Waals surface area contributed by atoms with Crippen molar-refractivity contribution in [1.82, 2.24) is 0 Å². The molecule has 2 atom stereocenters. The Morgan fingerprint density at radius 3 is 1.54 bits per heavy atom. The molecule has 0 fully saturated rings. The third kappa shape index (κ3) is 4.90. The fraction of sp³-hybridized carbons (Fsp3) is 1.00. The molecule has 0 bridgehead atoms. The predicted molar refractivity (Wildman–Crippen MR) is 62.3 cm³/mol. The molecule has 0 rings (SSSR count). The van der Waals surface area contributed by atoms with E-state index in [9.17, 15) is 0 Å². The quantitative estimate of drug-likeness (QED) is 0.576. The van der Waals surface area contributed by atoms with Gasteiger partial charge in [-0.2, -0.15) is 0 Å². The molecular weight excluding hydrogens is 180 g/mol. The van der Waals surface area contributed by atoms with E-state index in [1.54, 1.807) is 0 Å². The first-order valence-corrected chi connectivity index (χ1v) is 5.94. The van der Waals surface area contributed by atoms with Gasteiger partial charge in [-0.3, -0.25) is 0 Å². The van der Waals surface area contributed by atoms with Gasteiger partial charge in [0.1, 0.15) is 0 Å². The predicted octanol–water partition coefficient (Wildman–Crippen LogP) is 4.57. The van der Waals surface area contributed by atoms with E-state index in [0.717, 1.165) is 5.92 Å². The molecule has 0 nitrogen and oxygen atoms in total. The van der Waals surface area contributed by atoms with Crippen LogP contribution < -0.4 is 0 Å². The average Bonchev–Trinajstić information content (AvgIpc) is 1.97. The number of rotatable bonds is 5. The van der Waals surface area contributed by atoms with Gasteiger partial charge in [0.05, 0.1) is 0 Å². The maximum atomic E-state index is 6.42. The van der Waals surface area contributed by atoms with Crippen molar-refractivity contribution in [2.24, 2.45) is 23.7 Å². The molecule has 0 aromatic heterocycles. The van der Waals surface area contributed by atoms with Crippen LogP contribution in [0.5, 0.6) is 0 Å². The second kappa shape index (κ2) is 5.90. The Labute approximate surface area is 89.1 Å². The van der Waals surface area contributed by atoms with Crippen LogP contribution in [0.2, 0.25) is 0 Å². The number of hydrogen-bond donors (Lipinski definition) is 0. The lowest BCUT2D eigenvalue weighted by Crippen LogP contribution is -2.26. The fourth-order valence-corrected chi connectivity index (χ4v) is 2.20. The van der Waals surface area contributed by atoms with Crippen LogP contribution in [0.25, 0.3) is 0 Å². The molecule has 0 aromatic rings. The Morgan fingerprint density at radius 1 is 0.846 bits per heavy atom. The second-order valence-electron chi connectivity index (χ2n) is 5.23. The summed E-state index contributed by atoms with van der Waals surface area (Å²) in [6.07, 6.45) is 1.25. The van der Waals surface area contributed by atoms with E-state index in [2.05, 4.69) is 41.5 Å². The summed E-state index contributed by atoms with van der Waals surface area (Å²) in [4.78, 5) is 0. The van der Waals surface area contributed by atoms with Crippen LogP contribution in [0.15, 0.2) is 0 Å². The minimum atomic E-state index is 0.336. The molecule has 0 aliphatic carbocycles. The Bertz CT molecular complexity index is 127. The minimum Gasteiger partial charge on any atom is -0.122 e. The third-order valence-electron chi connectivity index (χ3n) is 2.65. The first kappa shape index (κ1) is 13.3. The second-order valence-corrected chi connectivity index (χ2v) is 5.73. The monoisotopic (exact) mass is 204 g/mol. The van der Waals surface area contributed by atoms with Gasteiger partial charge in [0, 0.05) is 5.38 Å². The molecular formula is C12H25Cl. The van der Waals surface area contributed by atoms with Gasteiger partial charge < -0.3 is 0 Å². The van der Waals surface area contributed by atoms with Crippen molar-refractivity contribution in [3.63, 3.8) is 0 Å². The largest absolute Gasteiger partial charge is 0.122 e. The van der Waals surface area contributed by atoms with E-state index in [4.69, 9.17) is 11.6 Å². The molecule has 0 aromatic carbocycles. The van der Waals surface area contributed by atoms with Crippen LogP contribution >= 0.6 is 11.6 Å². The van der Waals surface area contributed by atoms with Gasteiger partial charge in [-0.1, -0.05) is 41.5 Å². The molecule has 0 aliphatic rings. The first-order chi connectivity index (χ1) is 5.86. The lowest BCUT2D eigenvalue weighted by atomic mass is 9.81. The van der Waals surface area contributed by atoms with Crippen molar-refractivity contribution in [2.45, 2.75) is 53.3 Å². The van der Waals surface area contributed by atoms with Crippen LogP contribution in [0.4, 0.5) is 0 Å². The molecule has 1 heteroatoms. The van der Waals surface area contributed by atoms with Crippen molar-refractivity contribution in [3.8, 4) is 0 Å². The summed E-state index contributed by atoms with van der Waals surface area (Å²) in [5.41, 5.74) is 0. The van der Waals surface area contributed by atoms with Crippen molar-refractivity contribution >= 4 is 11.6 Å². The highest BCUT2D eigenvalue weighted by Gasteiger charge is 2.25. The molecule has 0 N–H and O–H groups in total. The van der Waals surface area contributed by atoms with Crippen LogP contribution in [0.3, 0.4) is 0 Å². The van der Waals surface area contributed by atoms with Crippen LogP contribution in [-0.4, -0.2) is 5.38 Å². The summed E-state index contributed by atoms with van der Waals surface area (Å²) in [5, 5.41) is 0.336. The summed E-state index contributed by atoms with van der Waals surface area (Å²) in [6.45, 7) is 13.6. The zero-order chi connectivity index (χ0) is 10.6. The highest BCUT2D eigenvalue weighted by atomic mass is 35.5. The molecule has 0 saturated heterocycles. The van der Waals surface area contributed by atoms with Gasteiger partial charge in [0.15, 0.2) is 0 Å². The summed E-state index contributed by atoms with van der Waals surface area (Å²) in [7, 11) is 0. The van der Waals surface area contributed by atoms with Crippen molar-refractivity contribution < 1.29 is 0 Å². The number of halogens is 1. The molecule has 0 amide bonds. The Hall–Kier alpha value is 0.290. The summed E-state index contributed by atoms with van der Waals surface area (Å²) in [6, 6.07) is 0. The lowest BCUT2D eigenvalue weighted by Gasteiger charge is -2.29. The normalized spacial score (nSPS) is 17.1. The van der Waals surface area contributed by atoms with E-state index in [1.807, 2.05) is 0 Å². The van der Waals surface area contributed by atoms with Gasteiger partial charge in [0.25, 0.3) is 0 Å². The van der Waals surface area contributed by atoms with Gasteiger partial charge in [0.2, 0.25) is 0 Å². The molecule has 80 valence electrons. The SMILES string of the molecule is CC(C)CC(C(C)C)C(Cl)C(C)C. The van der Waals surface area contributed by atoms with E-state index >= 15 is 0 Å². The molecule has 0 radical (unpaired) electrons. The summed E-state index contributed by atoms with van der Waals surface area (Å²) >= 11 is 6.42. The first-order valence-electron chi connectivity index (χ1n) is 5.50. The van der Waals surface area contributed by atoms with E-state index in [0.29, 0.717) is 23.1 Å². The van der Waals surface area contributed by atoms with Gasteiger partial charge in [-0.15, -0.1) is 11.6 Å². The lowest BCUT2D eigenvalue weighted by molar-refractivity contribution is 0.274. The minimum absolute atomic E-state index is 0.336. The summed E-state index contributed by atoms with van der Waals surface area (Å²) in [5.74, 6) is 2.72. The number of alkyl halides is 1. The van der Waals surface area contributed by atoms with Gasteiger partial charge in [-0.05, 0) is 30.1 Å². The summed E-state index contributed by atoms with van der Waals surface area (Å²) < 4.78 is 0. The molecule has 2 unspecified atom stereocenters. The van der Waals surface area contributed by atoms with Crippen LogP contribution in [0, 0.1) is 23.7 Å². The number of hydrogen-bond acceptors (Lipinski definition) is 0. The van der Waals surface area contributed by atoms with Crippen LogP contribution in [-0.2, 0) is 0 Å². The molecule has 0 aliphatic heterocycles. The molecule has 0 saturated carbocycles. The standard InChI is InChI=1S/C12H25Cl/c1-8(2)7-11(9(3)4)12(13)10(5)6/h8-12H,7H2,1-6H3. The molecule has 13 heavy (non-hydrogen) atoms. The smallest absolute Gasteiger partial charge is 0.0389 e. The van der Waals surface area contributed by atoms with Gasteiger partial charge >= 0.3 is 0 Å². The van der Waals surface area contributed by atoms with Gasteiger partial charge in [-0.25, -0.2) is 0 Å². The van der Waals surface area contributed by atoms with Crippen molar-refractivity contribution in [1.29, 1.82) is 0 Å².